The first-order valence-corrected chi connectivity index (χ1v) is 16.4. The van der Waals surface area contributed by atoms with Crippen LogP contribution >= 0.6 is 0 Å². The summed E-state index contributed by atoms with van der Waals surface area (Å²) in [6, 6.07) is 34.7. The molecule has 240 valence electrons. The van der Waals surface area contributed by atoms with Gasteiger partial charge >= 0.3 is 0 Å². The van der Waals surface area contributed by atoms with Crippen LogP contribution in [-0.4, -0.2) is 15.1 Å². The lowest BCUT2D eigenvalue weighted by Crippen LogP contribution is -2.14. The molecule has 5 nitrogen and oxygen atoms in total. The van der Waals surface area contributed by atoms with Gasteiger partial charge in [-0.2, -0.15) is 0 Å². The second kappa shape index (κ2) is 15.0. The molecular weight excluding hydrogens is 576 g/mol. The van der Waals surface area contributed by atoms with E-state index in [0.29, 0.717) is 17.6 Å². The number of rotatable bonds is 8. The van der Waals surface area contributed by atoms with Crippen molar-refractivity contribution in [1.82, 2.24) is 9.97 Å². The summed E-state index contributed by atoms with van der Waals surface area (Å²) in [7, 11) is 0. The standard InChI is InChI=1S/C24H28N2O.C18H18N2/c1-16(2)18-8-11-20(12-9-18)26-24(22-7-5-6-14-25-22)21-13-10-19(17(3)4)15-23(21)27;1-12-10-13(2)17(14(3)11-12)20-16-8-4-6-15-7-5-9-19-18(15)16/h5-17,24,26-27H,1-4H3;4-11,20H,1-3H3. The maximum atomic E-state index is 10.7. The van der Waals surface area contributed by atoms with Crippen LogP contribution < -0.4 is 10.6 Å². The fourth-order valence-corrected chi connectivity index (χ4v) is 5.87. The van der Waals surface area contributed by atoms with E-state index in [0.717, 1.165) is 39.1 Å². The van der Waals surface area contributed by atoms with Crippen molar-refractivity contribution >= 4 is 28.0 Å². The number of pyridine rings is 2. The van der Waals surface area contributed by atoms with Crippen LogP contribution in [0.4, 0.5) is 17.1 Å². The largest absolute Gasteiger partial charge is 0.508 e. The van der Waals surface area contributed by atoms with E-state index >= 15 is 0 Å². The molecule has 6 aromatic rings. The van der Waals surface area contributed by atoms with Crippen molar-refractivity contribution in [3.8, 4) is 5.75 Å². The summed E-state index contributed by atoms with van der Waals surface area (Å²) < 4.78 is 0. The van der Waals surface area contributed by atoms with Gasteiger partial charge in [-0.3, -0.25) is 9.97 Å². The molecule has 5 heteroatoms. The number of aromatic hydroxyl groups is 1. The predicted octanol–water partition coefficient (Wildman–Crippen LogP) is 11.1. The second-order valence-corrected chi connectivity index (χ2v) is 12.9. The highest BCUT2D eigenvalue weighted by molar-refractivity contribution is 5.92. The molecule has 0 aliphatic rings. The Labute approximate surface area is 279 Å². The SMILES string of the molecule is CC(C)c1ccc(NC(c2ccccn2)c2ccc(C(C)C)cc2O)cc1.Cc1cc(C)c(Nc2cccc3cccnc23)c(C)c1. The maximum absolute atomic E-state index is 10.7. The van der Waals surface area contributed by atoms with Crippen LogP contribution in [0.5, 0.6) is 5.75 Å². The Bertz CT molecular complexity index is 1900. The number of para-hydroxylation sites is 1. The smallest absolute Gasteiger partial charge is 0.121 e. The number of nitrogens with zero attached hydrogens (tertiary/aromatic N) is 2. The minimum atomic E-state index is -0.225. The first-order valence-electron chi connectivity index (χ1n) is 16.4. The number of nitrogens with one attached hydrogen (secondary N) is 2. The Balaban J connectivity index is 0.000000193. The third-order valence-corrected chi connectivity index (χ3v) is 8.47. The highest BCUT2D eigenvalue weighted by Crippen LogP contribution is 2.34. The van der Waals surface area contributed by atoms with Crippen molar-refractivity contribution in [2.45, 2.75) is 66.3 Å². The molecule has 0 fully saturated rings. The zero-order chi connectivity index (χ0) is 33.5. The fraction of sp³-hybridized carbons (Fsp3) is 0.238. The van der Waals surface area contributed by atoms with Crippen molar-refractivity contribution in [2.75, 3.05) is 10.6 Å². The summed E-state index contributed by atoms with van der Waals surface area (Å²) in [5.41, 5.74) is 12.2. The maximum Gasteiger partial charge on any atom is 0.121 e. The zero-order valence-corrected chi connectivity index (χ0v) is 28.5. The minimum absolute atomic E-state index is 0.225. The van der Waals surface area contributed by atoms with Crippen LogP contribution in [-0.2, 0) is 0 Å². The molecule has 47 heavy (non-hydrogen) atoms. The lowest BCUT2D eigenvalue weighted by atomic mass is 9.96. The van der Waals surface area contributed by atoms with Crippen LogP contribution in [0.1, 0.15) is 84.6 Å². The van der Waals surface area contributed by atoms with Gasteiger partial charge < -0.3 is 15.7 Å². The molecule has 0 aliphatic carbocycles. The average Bonchev–Trinajstić information content (AvgIpc) is 3.06. The van der Waals surface area contributed by atoms with Crippen molar-refractivity contribution in [3.05, 3.63) is 155 Å². The predicted molar refractivity (Wildman–Crippen MR) is 198 cm³/mol. The molecular formula is C42H46N4O. The highest BCUT2D eigenvalue weighted by Gasteiger charge is 2.20. The number of aromatic nitrogens is 2. The Kier molecular flexibility index (Phi) is 10.6. The van der Waals surface area contributed by atoms with E-state index in [2.05, 4.69) is 136 Å². The van der Waals surface area contributed by atoms with Crippen LogP contribution in [0, 0.1) is 20.8 Å². The highest BCUT2D eigenvalue weighted by atomic mass is 16.3. The third kappa shape index (κ3) is 8.17. The van der Waals surface area contributed by atoms with Gasteiger partial charge in [0.15, 0.2) is 0 Å². The van der Waals surface area contributed by atoms with Gasteiger partial charge in [0.1, 0.15) is 5.75 Å². The Morgan fingerprint density at radius 3 is 1.94 bits per heavy atom. The van der Waals surface area contributed by atoms with Gasteiger partial charge in [0.05, 0.1) is 22.9 Å². The molecule has 2 aromatic heterocycles. The summed E-state index contributed by atoms with van der Waals surface area (Å²) in [6.07, 6.45) is 3.62. The van der Waals surface area contributed by atoms with Gasteiger partial charge in [0.2, 0.25) is 0 Å². The van der Waals surface area contributed by atoms with Gasteiger partial charge in [-0.05, 0) is 97.3 Å². The molecule has 6 rings (SSSR count). The number of phenols is 1. The minimum Gasteiger partial charge on any atom is -0.508 e. The van der Waals surface area contributed by atoms with E-state index in [1.807, 2.05) is 42.6 Å². The topological polar surface area (TPSA) is 70.1 Å². The Morgan fingerprint density at radius 2 is 1.30 bits per heavy atom. The van der Waals surface area contributed by atoms with Crippen molar-refractivity contribution in [1.29, 1.82) is 0 Å². The summed E-state index contributed by atoms with van der Waals surface area (Å²) in [4.78, 5) is 9.01. The lowest BCUT2D eigenvalue weighted by Gasteiger charge is -2.22. The number of hydrogen-bond donors (Lipinski definition) is 3. The molecule has 0 radical (unpaired) electrons. The van der Waals surface area contributed by atoms with E-state index in [1.165, 1.54) is 27.9 Å². The van der Waals surface area contributed by atoms with Crippen molar-refractivity contribution < 1.29 is 5.11 Å². The summed E-state index contributed by atoms with van der Waals surface area (Å²) in [6.45, 7) is 15.0. The van der Waals surface area contributed by atoms with Crippen molar-refractivity contribution in [3.63, 3.8) is 0 Å². The van der Waals surface area contributed by atoms with Crippen molar-refractivity contribution in [2.24, 2.45) is 0 Å². The lowest BCUT2D eigenvalue weighted by molar-refractivity contribution is 0.465. The fourth-order valence-electron chi connectivity index (χ4n) is 5.87. The van der Waals surface area contributed by atoms with Crippen LogP contribution in [0.3, 0.4) is 0 Å². The van der Waals surface area contributed by atoms with Gasteiger partial charge in [-0.25, -0.2) is 0 Å². The van der Waals surface area contributed by atoms with Gasteiger partial charge in [-0.15, -0.1) is 0 Å². The first-order chi connectivity index (χ1) is 22.6. The zero-order valence-electron chi connectivity index (χ0n) is 28.5. The molecule has 3 N–H and O–H groups in total. The molecule has 4 aromatic carbocycles. The van der Waals surface area contributed by atoms with E-state index in [1.54, 1.807) is 6.20 Å². The van der Waals surface area contributed by atoms with Gasteiger partial charge in [0, 0.05) is 34.7 Å². The van der Waals surface area contributed by atoms with E-state index in [9.17, 15) is 5.11 Å². The molecule has 1 unspecified atom stereocenters. The number of hydrogen-bond acceptors (Lipinski definition) is 5. The molecule has 0 bridgehead atoms. The molecule has 0 amide bonds. The quantitative estimate of drug-likeness (QED) is 0.158. The van der Waals surface area contributed by atoms with E-state index < -0.39 is 0 Å². The number of phenolic OH excluding ortho intramolecular Hbond substituents is 1. The monoisotopic (exact) mass is 622 g/mol. The average molecular weight is 623 g/mol. The normalized spacial score (nSPS) is 11.7. The number of benzene rings is 4. The summed E-state index contributed by atoms with van der Waals surface area (Å²) >= 11 is 0. The number of aryl methyl sites for hydroxylation is 3. The second-order valence-electron chi connectivity index (χ2n) is 12.9. The van der Waals surface area contributed by atoms with Gasteiger partial charge in [0.25, 0.3) is 0 Å². The van der Waals surface area contributed by atoms with Crippen LogP contribution in [0.15, 0.2) is 116 Å². The molecule has 0 saturated carbocycles. The molecule has 0 spiro atoms. The van der Waals surface area contributed by atoms with Crippen LogP contribution in [0.25, 0.3) is 10.9 Å². The van der Waals surface area contributed by atoms with E-state index in [-0.39, 0.29) is 6.04 Å². The Morgan fingerprint density at radius 1 is 0.638 bits per heavy atom. The van der Waals surface area contributed by atoms with Crippen LogP contribution in [0.2, 0.25) is 0 Å². The molecule has 0 saturated heterocycles. The molecule has 2 heterocycles. The Hall–Kier alpha value is -5.16. The van der Waals surface area contributed by atoms with Gasteiger partial charge in [-0.1, -0.05) is 93.9 Å². The molecule has 0 aliphatic heterocycles. The third-order valence-electron chi connectivity index (χ3n) is 8.47. The molecule has 1 atom stereocenters. The summed E-state index contributed by atoms with van der Waals surface area (Å²) in [5, 5.41) is 18.9. The first kappa shape index (κ1) is 33.2. The van der Waals surface area contributed by atoms with E-state index in [4.69, 9.17) is 0 Å². The summed E-state index contributed by atoms with van der Waals surface area (Å²) in [5.74, 6) is 1.16. The number of anilines is 3. The number of fused-ring (bicyclic) bond motifs is 1.